The van der Waals surface area contributed by atoms with Crippen LogP contribution in [0.5, 0.6) is 5.75 Å². The zero-order chi connectivity index (χ0) is 31.9. The molecule has 0 N–H and O–H groups in total. The Morgan fingerprint density at radius 3 is 1.83 bits per heavy atom. The fraction of sp³-hybridized carbons (Fsp3) is 0.222. The second-order valence-corrected chi connectivity index (χ2v) is 12.3. The van der Waals surface area contributed by atoms with Crippen molar-refractivity contribution in [1.82, 2.24) is 0 Å². The summed E-state index contributed by atoms with van der Waals surface area (Å²) >= 11 is 0. The third-order valence-electron chi connectivity index (χ3n) is 9.92. The number of anilines is 2. The monoisotopic (exact) mass is 613 g/mol. The van der Waals surface area contributed by atoms with E-state index in [0.29, 0.717) is 16.9 Å². The van der Waals surface area contributed by atoms with Gasteiger partial charge in [-0.1, -0.05) is 54.6 Å². The number of carbonyl (C=O) groups is 4. The van der Waals surface area contributed by atoms with Crippen molar-refractivity contribution in [3.05, 3.63) is 129 Å². The molecular formula is C36H27N3O7. The van der Waals surface area contributed by atoms with Crippen molar-refractivity contribution in [3.63, 3.8) is 0 Å². The number of esters is 1. The van der Waals surface area contributed by atoms with E-state index in [-0.39, 0.29) is 54.0 Å². The predicted octanol–water partition coefficient (Wildman–Crippen LogP) is 5.26. The van der Waals surface area contributed by atoms with E-state index < -0.39 is 28.6 Å². The van der Waals surface area contributed by atoms with Gasteiger partial charge in [-0.05, 0) is 59.5 Å². The number of hydrogen-bond donors (Lipinski definition) is 0. The van der Waals surface area contributed by atoms with E-state index in [1.54, 1.807) is 31.2 Å². The molecule has 5 aliphatic rings. The van der Waals surface area contributed by atoms with Crippen LogP contribution in [0.4, 0.5) is 17.1 Å². The molecule has 3 aliphatic carbocycles. The maximum atomic E-state index is 14.0. The first-order valence-corrected chi connectivity index (χ1v) is 15.2. The number of nitro groups is 1. The van der Waals surface area contributed by atoms with Crippen LogP contribution < -0.4 is 14.5 Å². The molecule has 0 saturated carbocycles. The largest absolute Gasteiger partial charge is 0.426 e. The molecule has 2 saturated heterocycles. The molecule has 2 fully saturated rings. The lowest BCUT2D eigenvalue weighted by atomic mass is 9.55. The number of carbonyl (C=O) groups excluding carboxylic acids is 4. The van der Waals surface area contributed by atoms with Gasteiger partial charge >= 0.3 is 5.97 Å². The average Bonchev–Trinajstić information content (AvgIpc) is 3.58. The molecule has 46 heavy (non-hydrogen) atoms. The molecule has 4 aromatic carbocycles. The summed E-state index contributed by atoms with van der Waals surface area (Å²) in [6.45, 7) is 1.65. The molecule has 0 radical (unpaired) electrons. The lowest BCUT2D eigenvalue weighted by Gasteiger charge is -2.45. The highest BCUT2D eigenvalue weighted by Crippen LogP contribution is 2.61. The standard InChI is InChI=1S/C36H27N3O7/c1-19-10-11-22(17-28(19)39(44)45)37-18-20(16-29(37)40)36(43)46-23-14-12-21(13-15-23)38-34(41)32-30-24-6-2-3-7-25(24)31(33(32)35(38)42)27-9-5-4-8-26(27)30/h2-15,17,20,30-33H,16,18H2,1H3/t20-,30?,31?,32-,33+/m1/s1. The summed E-state index contributed by atoms with van der Waals surface area (Å²) in [5.41, 5.74) is 5.52. The summed E-state index contributed by atoms with van der Waals surface area (Å²) < 4.78 is 5.59. The van der Waals surface area contributed by atoms with Crippen molar-refractivity contribution in [3.8, 4) is 5.75 Å². The SMILES string of the molecule is Cc1ccc(N2C[C@H](C(=O)Oc3ccc(N4C(=O)[C@@H]5C6c7ccccc7C(c7ccccc76)[C@@H]5C4=O)cc3)CC2=O)cc1[N+](=O)[O-]. The summed E-state index contributed by atoms with van der Waals surface area (Å²) in [6.07, 6.45) is -0.0920. The van der Waals surface area contributed by atoms with E-state index in [0.717, 1.165) is 22.3 Å². The van der Waals surface area contributed by atoms with Crippen LogP contribution in [0, 0.1) is 34.8 Å². The summed E-state index contributed by atoms with van der Waals surface area (Å²) in [6, 6.07) is 26.9. The molecule has 0 unspecified atom stereocenters. The van der Waals surface area contributed by atoms with Gasteiger partial charge in [0.2, 0.25) is 17.7 Å². The molecule has 2 bridgehead atoms. The van der Waals surface area contributed by atoms with Gasteiger partial charge in [0.1, 0.15) is 5.75 Å². The van der Waals surface area contributed by atoms with Crippen molar-refractivity contribution in [1.29, 1.82) is 0 Å². The molecule has 4 aromatic rings. The van der Waals surface area contributed by atoms with Gasteiger partial charge in [-0.2, -0.15) is 0 Å². The first kappa shape index (κ1) is 27.9. The van der Waals surface area contributed by atoms with Crippen molar-refractivity contribution in [2.24, 2.45) is 17.8 Å². The normalized spacial score (nSPS) is 24.1. The maximum absolute atomic E-state index is 14.0. The van der Waals surface area contributed by atoms with Crippen LogP contribution in [0.3, 0.4) is 0 Å². The Balaban J connectivity index is 1.00. The number of imide groups is 1. The summed E-state index contributed by atoms with van der Waals surface area (Å²) in [7, 11) is 0. The van der Waals surface area contributed by atoms with Crippen LogP contribution in [-0.2, 0) is 19.2 Å². The fourth-order valence-electron chi connectivity index (χ4n) is 7.87. The highest BCUT2D eigenvalue weighted by Gasteiger charge is 2.61. The lowest BCUT2D eigenvalue weighted by Crippen LogP contribution is -2.41. The quantitative estimate of drug-likeness (QED) is 0.0988. The third-order valence-corrected chi connectivity index (χ3v) is 9.92. The third kappa shape index (κ3) is 4.02. The van der Waals surface area contributed by atoms with Crippen LogP contribution in [-0.4, -0.2) is 35.2 Å². The number of nitrogens with zero attached hydrogens (tertiary/aromatic N) is 3. The molecular weight excluding hydrogens is 586 g/mol. The average molecular weight is 614 g/mol. The Bertz CT molecular complexity index is 1890. The Hall–Kier alpha value is -5.64. The molecule has 2 heterocycles. The molecule has 3 amide bonds. The topological polar surface area (TPSA) is 127 Å². The van der Waals surface area contributed by atoms with E-state index in [1.165, 1.54) is 28.0 Å². The van der Waals surface area contributed by atoms with Gasteiger partial charge in [0, 0.05) is 36.4 Å². The van der Waals surface area contributed by atoms with Gasteiger partial charge in [0.05, 0.1) is 34.1 Å². The van der Waals surface area contributed by atoms with Crippen molar-refractivity contribution >= 4 is 40.8 Å². The summed E-state index contributed by atoms with van der Waals surface area (Å²) in [5.74, 6) is -3.39. The van der Waals surface area contributed by atoms with Gasteiger partial charge in [-0.3, -0.25) is 29.3 Å². The highest BCUT2D eigenvalue weighted by molar-refractivity contribution is 6.23. The van der Waals surface area contributed by atoms with E-state index in [4.69, 9.17) is 4.74 Å². The molecule has 3 atom stereocenters. The van der Waals surface area contributed by atoms with Gasteiger partial charge in [0.25, 0.3) is 5.69 Å². The van der Waals surface area contributed by atoms with E-state index >= 15 is 0 Å². The van der Waals surface area contributed by atoms with Gasteiger partial charge < -0.3 is 9.64 Å². The zero-order valence-corrected chi connectivity index (χ0v) is 24.7. The van der Waals surface area contributed by atoms with Crippen LogP contribution in [0.15, 0.2) is 91.0 Å². The van der Waals surface area contributed by atoms with Crippen LogP contribution in [0.25, 0.3) is 0 Å². The molecule has 10 nitrogen and oxygen atoms in total. The van der Waals surface area contributed by atoms with Crippen molar-refractivity contribution in [2.45, 2.75) is 25.2 Å². The number of ether oxygens (including phenoxy) is 1. The second kappa shape index (κ2) is 10.2. The minimum atomic E-state index is -0.767. The van der Waals surface area contributed by atoms with Gasteiger partial charge in [-0.25, -0.2) is 4.90 Å². The Morgan fingerprint density at radius 2 is 1.30 bits per heavy atom. The number of nitro benzene ring substituents is 1. The zero-order valence-electron chi connectivity index (χ0n) is 24.7. The number of hydrogen-bond acceptors (Lipinski definition) is 7. The Kier molecular flexibility index (Phi) is 6.18. The molecule has 0 spiro atoms. The predicted molar refractivity (Wildman–Crippen MR) is 166 cm³/mol. The van der Waals surface area contributed by atoms with Crippen LogP contribution >= 0.6 is 0 Å². The summed E-state index contributed by atoms with van der Waals surface area (Å²) in [4.78, 5) is 67.3. The minimum Gasteiger partial charge on any atom is -0.426 e. The van der Waals surface area contributed by atoms with Gasteiger partial charge in [0.15, 0.2) is 0 Å². The number of aryl methyl sites for hydroxylation is 1. The smallest absolute Gasteiger partial charge is 0.316 e. The first-order chi connectivity index (χ1) is 22.2. The minimum absolute atomic E-state index is 0.0304. The fourth-order valence-corrected chi connectivity index (χ4v) is 7.87. The Labute approximate surface area is 263 Å². The number of benzene rings is 4. The number of rotatable bonds is 5. The van der Waals surface area contributed by atoms with E-state index in [1.807, 2.05) is 24.3 Å². The maximum Gasteiger partial charge on any atom is 0.316 e. The number of amides is 3. The molecule has 10 heteroatoms. The molecule has 2 aliphatic heterocycles. The molecule has 9 rings (SSSR count). The molecule has 0 aromatic heterocycles. The van der Waals surface area contributed by atoms with Crippen molar-refractivity contribution in [2.75, 3.05) is 16.3 Å². The highest BCUT2D eigenvalue weighted by atomic mass is 16.6. The van der Waals surface area contributed by atoms with Gasteiger partial charge in [-0.15, -0.1) is 0 Å². The van der Waals surface area contributed by atoms with Crippen LogP contribution in [0.1, 0.15) is 46.1 Å². The van der Waals surface area contributed by atoms with Crippen molar-refractivity contribution < 1.29 is 28.8 Å². The summed E-state index contributed by atoms with van der Waals surface area (Å²) in [5, 5.41) is 11.4. The molecule has 228 valence electrons. The van der Waals surface area contributed by atoms with E-state index in [9.17, 15) is 29.3 Å². The van der Waals surface area contributed by atoms with Crippen LogP contribution in [0.2, 0.25) is 0 Å². The van der Waals surface area contributed by atoms with E-state index in [2.05, 4.69) is 24.3 Å². The first-order valence-electron chi connectivity index (χ1n) is 15.2. The Morgan fingerprint density at radius 1 is 0.783 bits per heavy atom. The lowest BCUT2D eigenvalue weighted by molar-refractivity contribution is -0.385. The second-order valence-electron chi connectivity index (χ2n) is 12.3.